The molecule has 22 heavy (non-hydrogen) atoms. The minimum Gasteiger partial charge on any atom is -0.384 e. The van der Waals surface area contributed by atoms with Gasteiger partial charge in [-0.1, -0.05) is 23.7 Å². The topological polar surface area (TPSA) is 95.1 Å². The Hall–Kier alpha value is -2.60. The predicted octanol–water partition coefficient (Wildman–Crippen LogP) is 2.35. The van der Waals surface area contributed by atoms with E-state index in [4.69, 9.17) is 23.1 Å². The van der Waals surface area contributed by atoms with Crippen LogP contribution in [0.1, 0.15) is 11.1 Å². The van der Waals surface area contributed by atoms with Crippen LogP contribution >= 0.6 is 11.6 Å². The van der Waals surface area contributed by atoms with Gasteiger partial charge < -0.3 is 16.0 Å². The van der Waals surface area contributed by atoms with Gasteiger partial charge in [0.1, 0.15) is 23.6 Å². The lowest BCUT2D eigenvalue weighted by Gasteiger charge is -2.07. The van der Waals surface area contributed by atoms with Crippen molar-refractivity contribution >= 4 is 40.5 Å². The monoisotopic (exact) mass is 314 g/mol. The predicted molar refractivity (Wildman–Crippen MR) is 90.4 cm³/mol. The van der Waals surface area contributed by atoms with Crippen LogP contribution in [0.4, 0.5) is 11.6 Å². The van der Waals surface area contributed by atoms with Crippen molar-refractivity contribution in [3.8, 4) is 0 Å². The van der Waals surface area contributed by atoms with Gasteiger partial charge in [-0.3, -0.25) is 4.99 Å². The summed E-state index contributed by atoms with van der Waals surface area (Å²) in [4.78, 5) is 12.4. The number of anilines is 2. The lowest BCUT2D eigenvalue weighted by Crippen LogP contribution is -2.05. The summed E-state index contributed by atoms with van der Waals surface area (Å²) in [6, 6.07) is 7.59. The van der Waals surface area contributed by atoms with E-state index in [2.05, 4.69) is 15.0 Å². The second-order valence-electron chi connectivity index (χ2n) is 4.86. The number of aliphatic imine (C=N–C) groups is 1. The fourth-order valence-electron chi connectivity index (χ4n) is 2.43. The molecule has 0 aliphatic rings. The number of halogens is 1. The molecule has 0 amide bonds. The molecule has 3 rings (SSSR count). The quantitative estimate of drug-likeness (QED) is 0.725. The molecular weight excluding hydrogens is 300 g/mol. The lowest BCUT2D eigenvalue weighted by atomic mass is 10.2. The molecule has 0 aliphatic carbocycles. The summed E-state index contributed by atoms with van der Waals surface area (Å²) in [5.41, 5.74) is 14.7. The first-order valence-electron chi connectivity index (χ1n) is 6.66. The van der Waals surface area contributed by atoms with Gasteiger partial charge in [0.05, 0.1) is 11.9 Å². The molecule has 1 aromatic carbocycles. The summed E-state index contributed by atoms with van der Waals surface area (Å²) in [6.07, 6.45) is 3.11. The number of fused-ring (bicyclic) bond motifs is 1. The molecular formula is C15H15ClN6. The van der Waals surface area contributed by atoms with Gasteiger partial charge in [0.25, 0.3) is 0 Å². The van der Waals surface area contributed by atoms with Gasteiger partial charge in [-0.25, -0.2) is 9.97 Å². The van der Waals surface area contributed by atoms with Gasteiger partial charge in [-0.2, -0.15) is 0 Å². The number of hydrogen-bond donors (Lipinski definition) is 2. The summed E-state index contributed by atoms with van der Waals surface area (Å²) >= 11 is 5.92. The molecule has 0 bridgehead atoms. The number of aromatic nitrogens is 3. The van der Waals surface area contributed by atoms with E-state index in [1.54, 1.807) is 13.3 Å². The van der Waals surface area contributed by atoms with Crippen molar-refractivity contribution in [3.05, 3.63) is 46.7 Å². The van der Waals surface area contributed by atoms with Gasteiger partial charge in [0.15, 0.2) is 0 Å². The van der Waals surface area contributed by atoms with Crippen molar-refractivity contribution in [3.63, 3.8) is 0 Å². The largest absolute Gasteiger partial charge is 0.384 e. The van der Waals surface area contributed by atoms with Crippen LogP contribution < -0.4 is 11.5 Å². The highest BCUT2D eigenvalue weighted by Crippen LogP contribution is 2.29. The smallest absolute Gasteiger partial charge is 0.148 e. The first kappa shape index (κ1) is 14.3. The Kier molecular flexibility index (Phi) is 3.68. The normalized spacial score (nSPS) is 11.5. The Morgan fingerprint density at radius 2 is 1.95 bits per heavy atom. The molecule has 2 heterocycles. The van der Waals surface area contributed by atoms with Crippen molar-refractivity contribution in [2.45, 2.75) is 6.54 Å². The summed E-state index contributed by atoms with van der Waals surface area (Å²) in [5.74, 6) is 0.948. The van der Waals surface area contributed by atoms with Gasteiger partial charge in [-0.15, -0.1) is 0 Å². The van der Waals surface area contributed by atoms with Crippen LogP contribution in [0.3, 0.4) is 0 Å². The number of rotatable bonds is 3. The van der Waals surface area contributed by atoms with Crippen molar-refractivity contribution < 1.29 is 0 Å². The van der Waals surface area contributed by atoms with Gasteiger partial charge >= 0.3 is 0 Å². The van der Waals surface area contributed by atoms with Crippen LogP contribution in [0.5, 0.6) is 0 Å². The Morgan fingerprint density at radius 1 is 1.23 bits per heavy atom. The first-order valence-corrected chi connectivity index (χ1v) is 7.04. The summed E-state index contributed by atoms with van der Waals surface area (Å²) in [5, 5.41) is 1.42. The highest BCUT2D eigenvalue weighted by atomic mass is 35.5. The summed E-state index contributed by atoms with van der Waals surface area (Å²) in [6.45, 7) is 0.563. The highest BCUT2D eigenvalue weighted by molar-refractivity contribution is 6.30. The molecule has 2 aromatic heterocycles. The molecule has 4 N–H and O–H groups in total. The molecule has 112 valence electrons. The molecule has 0 saturated carbocycles. The molecule has 0 saturated heterocycles. The molecule has 0 spiro atoms. The Morgan fingerprint density at radius 3 is 2.64 bits per heavy atom. The van der Waals surface area contributed by atoms with Gasteiger partial charge in [-0.05, 0) is 17.7 Å². The SMILES string of the molecule is CN=Cc1c(N)n(Cc2ccc(Cl)cc2)c2ncnc(N)c12. The van der Waals surface area contributed by atoms with Crippen molar-refractivity contribution in [1.82, 2.24) is 14.5 Å². The van der Waals surface area contributed by atoms with Crippen LogP contribution in [-0.4, -0.2) is 27.8 Å². The fraction of sp³-hybridized carbons (Fsp3) is 0.133. The number of hydrogen-bond acceptors (Lipinski definition) is 5. The van der Waals surface area contributed by atoms with Crippen molar-refractivity contribution in [2.24, 2.45) is 4.99 Å². The van der Waals surface area contributed by atoms with Gasteiger partial charge in [0, 0.05) is 23.8 Å². The van der Waals surface area contributed by atoms with Crippen LogP contribution in [0.25, 0.3) is 11.0 Å². The highest BCUT2D eigenvalue weighted by Gasteiger charge is 2.17. The second-order valence-corrected chi connectivity index (χ2v) is 5.29. The number of nitrogens with zero attached hydrogens (tertiary/aromatic N) is 4. The molecule has 6 nitrogen and oxygen atoms in total. The number of nitrogen functional groups attached to an aromatic ring is 2. The molecule has 0 unspecified atom stereocenters. The molecule has 3 aromatic rings. The zero-order valence-electron chi connectivity index (χ0n) is 12.0. The average Bonchev–Trinajstić information content (AvgIpc) is 2.77. The molecule has 0 radical (unpaired) electrons. The lowest BCUT2D eigenvalue weighted by molar-refractivity contribution is 0.834. The van der Waals surface area contributed by atoms with E-state index in [0.717, 1.165) is 16.5 Å². The van der Waals surface area contributed by atoms with Crippen LogP contribution in [0, 0.1) is 0 Å². The van der Waals surface area contributed by atoms with Crippen LogP contribution in [0.15, 0.2) is 35.6 Å². The van der Waals surface area contributed by atoms with Crippen molar-refractivity contribution in [1.29, 1.82) is 0 Å². The minimum atomic E-state index is 0.390. The molecule has 7 heteroatoms. The zero-order chi connectivity index (χ0) is 15.7. The van der Waals surface area contributed by atoms with E-state index < -0.39 is 0 Å². The third kappa shape index (κ3) is 2.37. The third-order valence-corrected chi connectivity index (χ3v) is 3.71. The van der Waals surface area contributed by atoms with E-state index in [1.165, 1.54) is 6.33 Å². The average molecular weight is 315 g/mol. The first-order chi connectivity index (χ1) is 10.6. The summed E-state index contributed by atoms with van der Waals surface area (Å²) in [7, 11) is 1.68. The maximum Gasteiger partial charge on any atom is 0.148 e. The van der Waals surface area contributed by atoms with E-state index in [-0.39, 0.29) is 0 Å². The third-order valence-electron chi connectivity index (χ3n) is 3.46. The molecule has 0 fully saturated rings. The Labute approximate surface area is 132 Å². The number of nitrogens with two attached hydrogens (primary N) is 2. The van der Waals surface area contributed by atoms with Gasteiger partial charge in [0.2, 0.25) is 0 Å². The maximum absolute atomic E-state index is 6.27. The number of benzene rings is 1. The standard InChI is InChI=1S/C15H15ClN6/c1-19-6-11-12-13(17)20-8-21-15(12)22(14(11)18)7-9-2-4-10(16)5-3-9/h2-6,8H,7,18H2,1H3,(H2,17,20,21). The Bertz CT molecular complexity index is 851. The maximum atomic E-state index is 6.27. The summed E-state index contributed by atoms with van der Waals surface area (Å²) < 4.78 is 1.90. The van der Waals surface area contributed by atoms with E-state index in [1.807, 2.05) is 28.8 Å². The van der Waals surface area contributed by atoms with E-state index in [9.17, 15) is 0 Å². The van der Waals surface area contributed by atoms with E-state index in [0.29, 0.717) is 28.9 Å². The molecule has 0 atom stereocenters. The van der Waals surface area contributed by atoms with E-state index >= 15 is 0 Å². The molecule has 0 aliphatic heterocycles. The van der Waals surface area contributed by atoms with Crippen LogP contribution in [0.2, 0.25) is 5.02 Å². The fourth-order valence-corrected chi connectivity index (χ4v) is 2.56. The second kappa shape index (κ2) is 5.65. The van der Waals surface area contributed by atoms with Crippen molar-refractivity contribution in [2.75, 3.05) is 18.5 Å². The minimum absolute atomic E-state index is 0.390. The Balaban J connectivity index is 2.19. The van der Waals surface area contributed by atoms with Crippen LogP contribution in [-0.2, 0) is 6.54 Å². The zero-order valence-corrected chi connectivity index (χ0v) is 12.7.